The van der Waals surface area contributed by atoms with Crippen LogP contribution in [0.5, 0.6) is 0 Å². The first kappa shape index (κ1) is 11.9. The van der Waals surface area contributed by atoms with Crippen LogP contribution >= 0.6 is 0 Å². The molecular formula is C11H11N3O2. The van der Waals surface area contributed by atoms with Crippen LogP contribution in [-0.2, 0) is 9.53 Å². The molecule has 16 heavy (non-hydrogen) atoms. The molecule has 0 N–H and O–H groups in total. The summed E-state index contributed by atoms with van der Waals surface area (Å²) in [7, 11) is 0. The number of nitriles is 1. The third kappa shape index (κ3) is 3.50. The van der Waals surface area contributed by atoms with E-state index < -0.39 is 11.9 Å². The lowest BCUT2D eigenvalue weighted by atomic mass is 10.2. The molecule has 1 aromatic heterocycles. The van der Waals surface area contributed by atoms with Gasteiger partial charge in [0.25, 0.3) is 0 Å². The minimum absolute atomic E-state index is 0.244. The van der Waals surface area contributed by atoms with Crippen molar-refractivity contribution < 1.29 is 9.53 Å². The molecule has 0 radical (unpaired) electrons. The fraction of sp³-hybridized carbons (Fsp3) is 0.273. The number of carbonyl (C=O) groups is 1. The molecule has 0 spiro atoms. The summed E-state index contributed by atoms with van der Waals surface area (Å²) in [5.41, 5.74) is 0. The number of carbonyl (C=O) groups excluding carboxylic acids is 1. The van der Waals surface area contributed by atoms with E-state index in [9.17, 15) is 4.79 Å². The Morgan fingerprint density at radius 1 is 1.75 bits per heavy atom. The molecule has 0 aromatic carbocycles. The number of rotatable bonds is 4. The van der Waals surface area contributed by atoms with Crippen LogP contribution in [0.25, 0.3) is 0 Å². The Kier molecular flexibility index (Phi) is 4.67. The second-order valence-electron chi connectivity index (χ2n) is 2.82. The zero-order valence-corrected chi connectivity index (χ0v) is 8.83. The smallest absolute Gasteiger partial charge is 0.328 e. The molecule has 0 fully saturated rings. The Morgan fingerprint density at radius 2 is 2.56 bits per heavy atom. The minimum atomic E-state index is -0.984. The number of aliphatic imine (C=N–C) groups is 1. The standard InChI is InChI=1S/C11H11N3O2/c1-2-16-11(15)9(7-12)8-14-10-5-3-4-6-13-10/h3-6,8-9H,2H2,1H3. The van der Waals surface area contributed by atoms with Crippen molar-refractivity contribution in [2.75, 3.05) is 6.61 Å². The van der Waals surface area contributed by atoms with Gasteiger partial charge in [-0.25, -0.2) is 9.98 Å². The lowest BCUT2D eigenvalue weighted by Gasteiger charge is -2.02. The normalized spacial score (nSPS) is 12.0. The maximum absolute atomic E-state index is 11.2. The van der Waals surface area contributed by atoms with Crippen LogP contribution in [0.2, 0.25) is 0 Å². The number of ether oxygens (including phenoxy) is 1. The largest absolute Gasteiger partial charge is 0.465 e. The summed E-state index contributed by atoms with van der Waals surface area (Å²) in [6, 6.07) is 7.01. The summed E-state index contributed by atoms with van der Waals surface area (Å²) in [5.74, 6) is -1.13. The van der Waals surface area contributed by atoms with Gasteiger partial charge in [-0.15, -0.1) is 0 Å². The molecule has 0 aliphatic carbocycles. The van der Waals surface area contributed by atoms with Gasteiger partial charge < -0.3 is 4.74 Å². The fourth-order valence-corrected chi connectivity index (χ4v) is 0.960. The number of aromatic nitrogens is 1. The number of hydrogen-bond acceptors (Lipinski definition) is 5. The van der Waals surface area contributed by atoms with Gasteiger partial charge in [-0.3, -0.25) is 4.79 Å². The highest BCUT2D eigenvalue weighted by Crippen LogP contribution is 2.05. The van der Waals surface area contributed by atoms with Gasteiger partial charge in [-0.2, -0.15) is 5.26 Å². The van der Waals surface area contributed by atoms with E-state index in [2.05, 4.69) is 9.98 Å². The van der Waals surface area contributed by atoms with Crippen molar-refractivity contribution in [2.45, 2.75) is 6.92 Å². The Morgan fingerprint density at radius 3 is 3.12 bits per heavy atom. The summed E-state index contributed by atoms with van der Waals surface area (Å²) in [6.07, 6.45) is 2.82. The van der Waals surface area contributed by atoms with E-state index in [1.807, 2.05) is 0 Å². The Hall–Kier alpha value is -2.22. The molecule has 5 heteroatoms. The number of pyridine rings is 1. The molecule has 1 rings (SSSR count). The maximum Gasteiger partial charge on any atom is 0.328 e. The van der Waals surface area contributed by atoms with Gasteiger partial charge >= 0.3 is 5.97 Å². The maximum atomic E-state index is 11.2. The molecule has 0 aliphatic rings. The van der Waals surface area contributed by atoms with Crippen LogP contribution in [0.4, 0.5) is 5.82 Å². The second kappa shape index (κ2) is 6.30. The van der Waals surface area contributed by atoms with Crippen molar-refractivity contribution in [3.8, 4) is 6.07 Å². The van der Waals surface area contributed by atoms with Crippen LogP contribution in [0.1, 0.15) is 6.92 Å². The highest BCUT2D eigenvalue weighted by atomic mass is 16.5. The van der Waals surface area contributed by atoms with Crippen LogP contribution < -0.4 is 0 Å². The summed E-state index contributed by atoms with van der Waals surface area (Å²) in [4.78, 5) is 19.1. The molecule has 1 heterocycles. The Labute approximate surface area is 93.4 Å². The fourth-order valence-electron chi connectivity index (χ4n) is 0.960. The molecule has 0 bridgehead atoms. The molecule has 1 atom stereocenters. The zero-order valence-electron chi connectivity index (χ0n) is 8.83. The quantitative estimate of drug-likeness (QED) is 0.565. The van der Waals surface area contributed by atoms with Crippen molar-refractivity contribution in [3.63, 3.8) is 0 Å². The third-order valence-corrected chi connectivity index (χ3v) is 1.68. The van der Waals surface area contributed by atoms with E-state index in [-0.39, 0.29) is 6.61 Å². The highest BCUT2D eigenvalue weighted by Gasteiger charge is 2.16. The summed E-state index contributed by atoms with van der Waals surface area (Å²) >= 11 is 0. The Balaban J connectivity index is 2.68. The molecular weight excluding hydrogens is 206 g/mol. The highest BCUT2D eigenvalue weighted by molar-refractivity contribution is 5.93. The topological polar surface area (TPSA) is 75.3 Å². The number of nitrogens with zero attached hydrogens (tertiary/aromatic N) is 3. The first-order valence-corrected chi connectivity index (χ1v) is 4.79. The molecule has 0 saturated heterocycles. The molecule has 1 unspecified atom stereocenters. The van der Waals surface area contributed by atoms with E-state index in [1.165, 1.54) is 6.21 Å². The van der Waals surface area contributed by atoms with Crippen LogP contribution in [0.3, 0.4) is 0 Å². The lowest BCUT2D eigenvalue weighted by Crippen LogP contribution is -2.17. The van der Waals surface area contributed by atoms with Crippen molar-refractivity contribution in [1.29, 1.82) is 5.26 Å². The SMILES string of the molecule is CCOC(=O)C(C#N)C=Nc1ccccn1. The van der Waals surface area contributed by atoms with E-state index in [4.69, 9.17) is 10.00 Å². The zero-order chi connectivity index (χ0) is 11.8. The van der Waals surface area contributed by atoms with Gasteiger partial charge in [0.15, 0.2) is 11.7 Å². The Bertz CT molecular complexity index is 409. The predicted octanol–water partition coefficient (Wildman–Crippen LogP) is 1.49. The van der Waals surface area contributed by atoms with Crippen molar-refractivity contribution >= 4 is 18.0 Å². The molecule has 0 aliphatic heterocycles. The van der Waals surface area contributed by atoms with E-state index in [0.717, 1.165) is 0 Å². The van der Waals surface area contributed by atoms with Gasteiger partial charge in [-0.05, 0) is 19.1 Å². The lowest BCUT2D eigenvalue weighted by molar-refractivity contribution is -0.143. The summed E-state index contributed by atoms with van der Waals surface area (Å²) < 4.78 is 4.71. The number of hydrogen-bond donors (Lipinski definition) is 0. The summed E-state index contributed by atoms with van der Waals surface area (Å²) in [6.45, 7) is 1.93. The van der Waals surface area contributed by atoms with Gasteiger partial charge in [-0.1, -0.05) is 6.07 Å². The molecule has 0 amide bonds. The van der Waals surface area contributed by atoms with E-state index >= 15 is 0 Å². The van der Waals surface area contributed by atoms with E-state index in [0.29, 0.717) is 5.82 Å². The van der Waals surface area contributed by atoms with Gasteiger partial charge in [0.05, 0.1) is 12.7 Å². The van der Waals surface area contributed by atoms with Gasteiger partial charge in [0.1, 0.15) is 0 Å². The summed E-state index contributed by atoms with van der Waals surface area (Å²) in [5, 5.41) is 8.74. The first-order valence-electron chi connectivity index (χ1n) is 4.79. The number of esters is 1. The van der Waals surface area contributed by atoms with E-state index in [1.54, 1.807) is 37.4 Å². The second-order valence-corrected chi connectivity index (χ2v) is 2.82. The molecule has 82 valence electrons. The van der Waals surface area contributed by atoms with Crippen molar-refractivity contribution in [1.82, 2.24) is 4.98 Å². The van der Waals surface area contributed by atoms with Crippen LogP contribution in [-0.4, -0.2) is 23.8 Å². The van der Waals surface area contributed by atoms with Gasteiger partial charge in [0, 0.05) is 12.4 Å². The average Bonchev–Trinajstić information content (AvgIpc) is 2.31. The van der Waals surface area contributed by atoms with Crippen molar-refractivity contribution in [3.05, 3.63) is 24.4 Å². The van der Waals surface area contributed by atoms with Gasteiger partial charge in [0.2, 0.25) is 0 Å². The third-order valence-electron chi connectivity index (χ3n) is 1.68. The molecule has 1 aromatic rings. The molecule has 5 nitrogen and oxygen atoms in total. The predicted molar refractivity (Wildman–Crippen MR) is 58.1 cm³/mol. The monoisotopic (exact) mass is 217 g/mol. The minimum Gasteiger partial charge on any atom is -0.465 e. The van der Waals surface area contributed by atoms with Crippen LogP contribution in [0, 0.1) is 17.2 Å². The first-order chi connectivity index (χ1) is 7.77. The average molecular weight is 217 g/mol. The molecule has 0 saturated carbocycles. The van der Waals surface area contributed by atoms with Crippen LogP contribution in [0.15, 0.2) is 29.4 Å². The van der Waals surface area contributed by atoms with Crippen molar-refractivity contribution in [2.24, 2.45) is 10.9 Å².